The van der Waals surface area contributed by atoms with Crippen molar-refractivity contribution >= 4 is 17.0 Å². The van der Waals surface area contributed by atoms with Gasteiger partial charge in [0.15, 0.2) is 5.65 Å². The van der Waals surface area contributed by atoms with Gasteiger partial charge in [0.05, 0.1) is 23.6 Å². The van der Waals surface area contributed by atoms with Gasteiger partial charge in [-0.25, -0.2) is 14.5 Å². The molecule has 1 N–H and O–H groups in total. The predicted molar refractivity (Wildman–Crippen MR) is 63.6 cm³/mol. The van der Waals surface area contributed by atoms with E-state index in [4.69, 9.17) is 5.11 Å². The van der Waals surface area contributed by atoms with Crippen LogP contribution in [-0.4, -0.2) is 30.8 Å². The van der Waals surface area contributed by atoms with Crippen molar-refractivity contribution in [1.29, 1.82) is 0 Å². The summed E-state index contributed by atoms with van der Waals surface area (Å²) in [6.07, 6.45) is 6.18. The van der Waals surface area contributed by atoms with Gasteiger partial charge in [0.2, 0.25) is 0 Å². The molecule has 0 fully saturated rings. The molecule has 0 aliphatic carbocycles. The average molecular weight is 240 g/mol. The molecule has 3 aromatic rings. The Hall–Kier alpha value is -2.76. The molecule has 6 nitrogen and oxygen atoms in total. The first-order chi connectivity index (χ1) is 8.77. The molecule has 0 atom stereocenters. The zero-order valence-electron chi connectivity index (χ0n) is 9.19. The summed E-state index contributed by atoms with van der Waals surface area (Å²) in [5, 5.41) is 14.2. The number of rotatable bonds is 2. The molecule has 0 radical (unpaired) electrons. The van der Waals surface area contributed by atoms with Crippen LogP contribution >= 0.6 is 0 Å². The third-order valence-electron chi connectivity index (χ3n) is 2.59. The van der Waals surface area contributed by atoms with E-state index in [1.807, 2.05) is 6.07 Å². The summed E-state index contributed by atoms with van der Waals surface area (Å²) < 4.78 is 1.48. The van der Waals surface area contributed by atoms with Crippen molar-refractivity contribution in [3.05, 3.63) is 48.5 Å². The van der Waals surface area contributed by atoms with Crippen LogP contribution in [0.1, 0.15) is 10.4 Å². The Kier molecular flexibility index (Phi) is 2.26. The molecule has 0 unspecified atom stereocenters. The van der Waals surface area contributed by atoms with Gasteiger partial charge in [0.1, 0.15) is 0 Å². The van der Waals surface area contributed by atoms with Crippen LogP contribution < -0.4 is 0 Å². The lowest BCUT2D eigenvalue weighted by Crippen LogP contribution is -2.07. The number of fused-ring (bicyclic) bond motifs is 1. The Labute approximate surface area is 102 Å². The highest BCUT2D eigenvalue weighted by Crippen LogP contribution is 2.18. The number of carboxylic acids is 1. The Bertz CT molecular complexity index is 736. The van der Waals surface area contributed by atoms with Crippen molar-refractivity contribution in [3.63, 3.8) is 0 Å². The summed E-state index contributed by atoms with van der Waals surface area (Å²) >= 11 is 0. The van der Waals surface area contributed by atoms with Crippen LogP contribution in [0.3, 0.4) is 0 Å². The molecule has 0 saturated carbocycles. The Morgan fingerprint density at radius 1 is 1.22 bits per heavy atom. The maximum atomic E-state index is 11.2. The van der Waals surface area contributed by atoms with Gasteiger partial charge in [-0.2, -0.15) is 5.10 Å². The van der Waals surface area contributed by atoms with Crippen molar-refractivity contribution in [3.8, 4) is 5.69 Å². The molecule has 6 heteroatoms. The highest BCUT2D eigenvalue weighted by atomic mass is 16.4. The molecule has 3 heterocycles. The van der Waals surface area contributed by atoms with E-state index in [0.29, 0.717) is 11.3 Å². The molecule has 88 valence electrons. The van der Waals surface area contributed by atoms with Crippen LogP contribution in [0.5, 0.6) is 0 Å². The van der Waals surface area contributed by atoms with Crippen molar-refractivity contribution in [2.75, 3.05) is 0 Å². The maximum Gasteiger partial charge on any atom is 0.338 e. The molecule has 0 aliphatic heterocycles. The summed E-state index contributed by atoms with van der Waals surface area (Å²) in [6, 6.07) is 5.10. The lowest BCUT2D eigenvalue weighted by atomic mass is 10.2. The van der Waals surface area contributed by atoms with Gasteiger partial charge in [-0.1, -0.05) is 0 Å². The summed E-state index contributed by atoms with van der Waals surface area (Å²) in [7, 11) is 0. The number of carbonyl (C=O) groups is 1. The molecule has 0 aliphatic rings. The fraction of sp³-hybridized carbons (Fsp3) is 0. The second-order valence-electron chi connectivity index (χ2n) is 3.67. The molecular formula is C12H8N4O2. The molecule has 18 heavy (non-hydrogen) atoms. The van der Waals surface area contributed by atoms with Crippen LogP contribution in [0.2, 0.25) is 0 Å². The molecule has 0 saturated heterocycles. The number of pyridine rings is 2. The zero-order chi connectivity index (χ0) is 12.5. The third kappa shape index (κ3) is 1.51. The first-order valence-electron chi connectivity index (χ1n) is 5.24. The Balaban J connectivity index is 2.30. The van der Waals surface area contributed by atoms with Gasteiger partial charge in [-0.05, 0) is 18.2 Å². The van der Waals surface area contributed by atoms with Crippen molar-refractivity contribution in [2.45, 2.75) is 0 Å². The first kappa shape index (κ1) is 10.4. The van der Waals surface area contributed by atoms with Crippen molar-refractivity contribution in [2.24, 2.45) is 0 Å². The van der Waals surface area contributed by atoms with Gasteiger partial charge in [-0.15, -0.1) is 0 Å². The highest BCUT2D eigenvalue weighted by molar-refractivity contribution is 5.92. The van der Waals surface area contributed by atoms with Gasteiger partial charge in [-0.3, -0.25) is 4.98 Å². The molecule has 0 bridgehead atoms. The van der Waals surface area contributed by atoms with E-state index in [1.54, 1.807) is 18.5 Å². The Morgan fingerprint density at radius 3 is 2.94 bits per heavy atom. The minimum atomic E-state index is -1.02. The quantitative estimate of drug-likeness (QED) is 0.734. The van der Waals surface area contributed by atoms with Gasteiger partial charge in [0.25, 0.3) is 0 Å². The van der Waals surface area contributed by atoms with Gasteiger partial charge >= 0.3 is 5.97 Å². The first-order valence-corrected chi connectivity index (χ1v) is 5.24. The number of carboxylic acid groups (broad SMARTS) is 1. The molecule has 0 aromatic carbocycles. The number of hydrogen-bond acceptors (Lipinski definition) is 4. The fourth-order valence-corrected chi connectivity index (χ4v) is 1.77. The third-order valence-corrected chi connectivity index (χ3v) is 2.59. The molecule has 0 spiro atoms. The summed E-state index contributed by atoms with van der Waals surface area (Å²) in [5.41, 5.74) is 1.15. The van der Waals surface area contributed by atoms with E-state index < -0.39 is 5.97 Å². The normalized spacial score (nSPS) is 10.7. The number of hydrogen-bond donors (Lipinski definition) is 1. The second kappa shape index (κ2) is 3.92. The van der Waals surface area contributed by atoms with Crippen LogP contribution in [-0.2, 0) is 0 Å². The smallest absolute Gasteiger partial charge is 0.338 e. The largest absolute Gasteiger partial charge is 0.478 e. The second-order valence-corrected chi connectivity index (χ2v) is 3.67. The van der Waals surface area contributed by atoms with E-state index in [1.165, 1.54) is 23.1 Å². The maximum absolute atomic E-state index is 11.2. The molecule has 3 aromatic heterocycles. The summed E-state index contributed by atoms with van der Waals surface area (Å²) in [4.78, 5) is 19.3. The number of nitrogens with zero attached hydrogens (tertiary/aromatic N) is 4. The standard InChI is InChI=1S/C12H8N4O2/c17-12(18)9-3-5-13-7-10(9)16-11-8(6-15-16)2-1-4-14-11/h1-7H,(H,17,18). The van der Waals surface area contributed by atoms with Crippen LogP contribution in [0.4, 0.5) is 0 Å². The highest BCUT2D eigenvalue weighted by Gasteiger charge is 2.14. The molecule has 3 rings (SSSR count). The van der Waals surface area contributed by atoms with Crippen LogP contribution in [0.25, 0.3) is 16.7 Å². The van der Waals surface area contributed by atoms with E-state index >= 15 is 0 Å². The number of aromatic carboxylic acids is 1. The fourth-order valence-electron chi connectivity index (χ4n) is 1.77. The molecular weight excluding hydrogens is 232 g/mol. The Morgan fingerprint density at radius 2 is 2.11 bits per heavy atom. The molecule has 0 amide bonds. The SMILES string of the molecule is O=C(O)c1ccncc1-n1ncc2cccnc21. The van der Waals surface area contributed by atoms with Crippen molar-refractivity contribution in [1.82, 2.24) is 19.7 Å². The topological polar surface area (TPSA) is 80.9 Å². The van der Waals surface area contributed by atoms with Crippen LogP contribution in [0, 0.1) is 0 Å². The summed E-state index contributed by atoms with van der Waals surface area (Å²) in [5.74, 6) is -1.02. The van der Waals surface area contributed by atoms with Gasteiger partial charge < -0.3 is 5.11 Å². The van der Waals surface area contributed by atoms with E-state index in [0.717, 1.165) is 5.39 Å². The van der Waals surface area contributed by atoms with Crippen molar-refractivity contribution < 1.29 is 9.90 Å². The monoisotopic (exact) mass is 240 g/mol. The van der Waals surface area contributed by atoms with Crippen LogP contribution in [0.15, 0.2) is 43.0 Å². The van der Waals surface area contributed by atoms with E-state index in [2.05, 4.69) is 15.1 Å². The lowest BCUT2D eigenvalue weighted by molar-refractivity contribution is 0.0696. The minimum Gasteiger partial charge on any atom is -0.478 e. The summed E-state index contributed by atoms with van der Waals surface area (Å²) in [6.45, 7) is 0. The average Bonchev–Trinajstić information content (AvgIpc) is 2.82. The lowest BCUT2D eigenvalue weighted by Gasteiger charge is -2.05. The predicted octanol–water partition coefficient (Wildman–Crippen LogP) is 1.51. The number of aromatic nitrogens is 4. The van der Waals surface area contributed by atoms with Gasteiger partial charge in [0, 0.05) is 17.8 Å². The minimum absolute atomic E-state index is 0.139. The zero-order valence-corrected chi connectivity index (χ0v) is 9.19. The van der Waals surface area contributed by atoms with E-state index in [9.17, 15) is 4.79 Å². The van der Waals surface area contributed by atoms with E-state index in [-0.39, 0.29) is 5.56 Å².